The van der Waals surface area contributed by atoms with Gasteiger partial charge in [0.1, 0.15) is 11.4 Å². The number of rotatable bonds is 8. The predicted octanol–water partition coefficient (Wildman–Crippen LogP) is 2.24. The van der Waals surface area contributed by atoms with Crippen LogP contribution < -0.4 is 10.5 Å². The maximum absolute atomic E-state index is 12.1. The number of aromatic nitrogens is 1. The normalized spacial score (nSPS) is 17.3. The molecule has 3 N–H and O–H groups in total. The van der Waals surface area contributed by atoms with E-state index in [1.165, 1.54) is 20.0 Å². The number of aryl methyl sites for hydroxylation is 1. The first-order valence-corrected chi connectivity index (χ1v) is 9.34. The molecule has 1 fully saturated rings. The molecule has 27 heavy (non-hydrogen) atoms. The fourth-order valence-corrected chi connectivity index (χ4v) is 3.76. The molecule has 2 aromatic rings. The maximum atomic E-state index is 12.1. The van der Waals surface area contributed by atoms with Crippen LogP contribution in [0, 0.1) is 0 Å². The van der Waals surface area contributed by atoms with Gasteiger partial charge in [0.05, 0.1) is 13.7 Å². The van der Waals surface area contributed by atoms with Crippen LogP contribution in [0.1, 0.15) is 41.7 Å². The van der Waals surface area contributed by atoms with Gasteiger partial charge >= 0.3 is 5.97 Å². The van der Waals surface area contributed by atoms with E-state index in [1.807, 2.05) is 18.2 Å². The van der Waals surface area contributed by atoms with Crippen LogP contribution in [0.3, 0.4) is 0 Å². The van der Waals surface area contributed by atoms with Gasteiger partial charge in [0.15, 0.2) is 0 Å². The van der Waals surface area contributed by atoms with E-state index in [0.717, 1.165) is 35.2 Å². The Bertz CT molecular complexity index is 830. The average molecular weight is 373 g/mol. The van der Waals surface area contributed by atoms with Gasteiger partial charge in [-0.3, -0.25) is 4.79 Å². The molecule has 146 valence electrons. The van der Waals surface area contributed by atoms with Crippen LogP contribution in [-0.2, 0) is 16.0 Å². The molecule has 1 aromatic heterocycles. The second-order valence-electron chi connectivity index (χ2n) is 7.06. The summed E-state index contributed by atoms with van der Waals surface area (Å²) >= 11 is 0. The Morgan fingerprint density at radius 3 is 2.85 bits per heavy atom. The molecule has 7 heteroatoms. The minimum atomic E-state index is -0.461. The van der Waals surface area contributed by atoms with Gasteiger partial charge < -0.3 is 25.1 Å². The molecular formula is C20H27N3O4. The van der Waals surface area contributed by atoms with E-state index in [1.54, 1.807) is 0 Å². The van der Waals surface area contributed by atoms with Gasteiger partial charge in [0, 0.05) is 23.4 Å². The Balaban J connectivity index is 1.78. The Hall–Kier alpha value is -2.54. The lowest BCUT2D eigenvalue weighted by molar-refractivity contribution is -0.117. The van der Waals surface area contributed by atoms with Crippen molar-refractivity contribution < 1.29 is 19.1 Å². The summed E-state index contributed by atoms with van der Waals surface area (Å²) in [6.45, 7) is 1.80. The Morgan fingerprint density at radius 1 is 1.37 bits per heavy atom. The molecule has 1 aliphatic rings. The Kier molecular flexibility index (Phi) is 6.01. The van der Waals surface area contributed by atoms with E-state index in [-0.39, 0.29) is 6.42 Å². The number of hydrogen-bond acceptors (Lipinski definition) is 5. The average Bonchev–Trinajstić information content (AvgIpc) is 3.22. The smallest absolute Gasteiger partial charge is 0.354 e. The third kappa shape index (κ3) is 4.42. The summed E-state index contributed by atoms with van der Waals surface area (Å²) in [6.07, 6.45) is 3.99. The highest BCUT2D eigenvalue weighted by Gasteiger charge is 2.21. The summed E-state index contributed by atoms with van der Waals surface area (Å²) in [5.74, 6) is -0.121. The minimum absolute atomic E-state index is 0.163. The van der Waals surface area contributed by atoms with Gasteiger partial charge in [-0.05, 0) is 63.0 Å². The number of aromatic amines is 1. The summed E-state index contributed by atoms with van der Waals surface area (Å²) in [5, 5.41) is 0.854. The number of fused-ring (bicyclic) bond motifs is 1. The van der Waals surface area contributed by atoms with Crippen molar-refractivity contribution in [2.24, 2.45) is 5.73 Å². The second-order valence-corrected chi connectivity index (χ2v) is 7.06. The molecule has 0 aliphatic carbocycles. The van der Waals surface area contributed by atoms with E-state index in [4.69, 9.17) is 15.2 Å². The Labute approximate surface area is 158 Å². The zero-order valence-corrected chi connectivity index (χ0v) is 15.9. The highest BCUT2D eigenvalue weighted by atomic mass is 16.5. The molecular weight excluding hydrogens is 346 g/mol. The first-order chi connectivity index (χ1) is 13.0. The van der Waals surface area contributed by atoms with Crippen LogP contribution in [0.15, 0.2) is 18.2 Å². The van der Waals surface area contributed by atoms with Gasteiger partial charge in [-0.1, -0.05) is 0 Å². The number of nitrogens with one attached hydrogen (secondary N) is 1. The highest BCUT2D eigenvalue weighted by Crippen LogP contribution is 2.28. The highest BCUT2D eigenvalue weighted by molar-refractivity contribution is 5.99. The first-order valence-electron chi connectivity index (χ1n) is 9.34. The van der Waals surface area contributed by atoms with Gasteiger partial charge in [0.2, 0.25) is 5.91 Å². The number of benzene rings is 1. The largest absolute Gasteiger partial charge is 0.494 e. The quantitative estimate of drug-likeness (QED) is 0.692. The molecule has 1 unspecified atom stereocenters. The molecule has 1 atom stereocenters. The number of nitrogens with zero attached hydrogens (tertiary/aromatic N) is 1. The van der Waals surface area contributed by atoms with Gasteiger partial charge in [0.25, 0.3) is 0 Å². The lowest BCUT2D eigenvalue weighted by atomic mass is 10.0. The summed E-state index contributed by atoms with van der Waals surface area (Å²) in [7, 11) is 3.49. The lowest BCUT2D eigenvalue weighted by Crippen LogP contribution is -2.26. The third-order valence-electron chi connectivity index (χ3n) is 5.28. The standard InChI is InChI=1S/C20H27N3O4/c1-23-10-3-4-13(23)9-11-27-14-5-7-17-16(12-14)15(6-8-18(21)24)19(22-17)20(25)26-2/h5,7,12-13,22H,3-4,6,8-11H2,1-2H3,(H2,21,24). The number of amides is 1. The third-order valence-corrected chi connectivity index (χ3v) is 5.28. The van der Waals surface area contributed by atoms with Crippen molar-refractivity contribution in [2.75, 3.05) is 27.3 Å². The molecule has 1 amide bonds. The van der Waals surface area contributed by atoms with E-state index in [2.05, 4.69) is 16.9 Å². The minimum Gasteiger partial charge on any atom is -0.494 e. The topological polar surface area (TPSA) is 97.7 Å². The van der Waals surface area contributed by atoms with Crippen LogP contribution in [0.2, 0.25) is 0 Å². The molecule has 0 bridgehead atoms. The molecule has 1 aromatic carbocycles. The van der Waals surface area contributed by atoms with Gasteiger partial charge in [-0.2, -0.15) is 0 Å². The fraction of sp³-hybridized carbons (Fsp3) is 0.500. The molecule has 1 saturated heterocycles. The van der Waals surface area contributed by atoms with E-state index in [9.17, 15) is 9.59 Å². The monoisotopic (exact) mass is 373 g/mol. The van der Waals surface area contributed by atoms with Crippen molar-refractivity contribution >= 4 is 22.8 Å². The fourth-order valence-electron chi connectivity index (χ4n) is 3.76. The van der Waals surface area contributed by atoms with Crippen LogP contribution in [0.5, 0.6) is 5.75 Å². The summed E-state index contributed by atoms with van der Waals surface area (Å²) in [5.41, 5.74) is 7.18. The summed E-state index contributed by atoms with van der Waals surface area (Å²) < 4.78 is 10.8. The molecule has 3 rings (SSSR count). The summed E-state index contributed by atoms with van der Waals surface area (Å²) in [6, 6.07) is 6.26. The van der Waals surface area contributed by atoms with Crippen molar-refractivity contribution in [2.45, 2.75) is 38.1 Å². The number of esters is 1. The van der Waals surface area contributed by atoms with Crippen LogP contribution in [0.4, 0.5) is 0 Å². The number of likely N-dealkylation sites (tertiary alicyclic amines) is 1. The van der Waals surface area contributed by atoms with Crippen LogP contribution >= 0.6 is 0 Å². The van der Waals surface area contributed by atoms with Crippen LogP contribution in [-0.4, -0.2) is 55.1 Å². The molecule has 0 saturated carbocycles. The SMILES string of the molecule is COC(=O)c1[nH]c2ccc(OCCC3CCCN3C)cc2c1CCC(N)=O. The number of nitrogens with two attached hydrogens (primary N) is 1. The zero-order valence-electron chi connectivity index (χ0n) is 15.9. The van der Waals surface area contributed by atoms with Crippen molar-refractivity contribution in [1.82, 2.24) is 9.88 Å². The molecule has 0 radical (unpaired) electrons. The number of ether oxygens (including phenoxy) is 2. The number of primary amides is 1. The number of carbonyl (C=O) groups excluding carboxylic acids is 2. The van der Waals surface area contributed by atoms with E-state index < -0.39 is 11.9 Å². The number of H-pyrrole nitrogens is 1. The lowest BCUT2D eigenvalue weighted by Gasteiger charge is -2.19. The molecule has 2 heterocycles. The number of carbonyl (C=O) groups is 2. The summed E-state index contributed by atoms with van der Waals surface area (Å²) in [4.78, 5) is 28.7. The zero-order chi connectivity index (χ0) is 19.4. The van der Waals surface area contributed by atoms with Crippen LogP contribution in [0.25, 0.3) is 10.9 Å². The first kappa shape index (κ1) is 19.2. The van der Waals surface area contributed by atoms with Crippen molar-refractivity contribution in [3.8, 4) is 5.75 Å². The van der Waals surface area contributed by atoms with Gasteiger partial charge in [-0.15, -0.1) is 0 Å². The number of methoxy groups -OCH3 is 1. The molecule has 0 spiro atoms. The van der Waals surface area contributed by atoms with Crippen molar-refractivity contribution in [3.05, 3.63) is 29.5 Å². The van der Waals surface area contributed by atoms with Crippen molar-refractivity contribution in [1.29, 1.82) is 0 Å². The van der Waals surface area contributed by atoms with E-state index >= 15 is 0 Å². The second kappa shape index (κ2) is 8.43. The molecule has 7 nitrogen and oxygen atoms in total. The predicted molar refractivity (Wildman–Crippen MR) is 103 cm³/mol. The van der Waals surface area contributed by atoms with E-state index in [0.29, 0.717) is 24.8 Å². The number of hydrogen-bond donors (Lipinski definition) is 2. The van der Waals surface area contributed by atoms with Gasteiger partial charge in [-0.25, -0.2) is 4.79 Å². The van der Waals surface area contributed by atoms with Crippen molar-refractivity contribution in [3.63, 3.8) is 0 Å². The molecule has 1 aliphatic heterocycles. The Morgan fingerprint density at radius 2 is 2.19 bits per heavy atom. The maximum Gasteiger partial charge on any atom is 0.354 e.